The predicted molar refractivity (Wildman–Crippen MR) is 46.6 cm³/mol. The molecule has 4 nitrogen and oxygen atoms in total. The highest BCUT2D eigenvalue weighted by atomic mass is 19.3. The fourth-order valence-corrected chi connectivity index (χ4v) is 0.908. The van der Waals surface area contributed by atoms with E-state index in [-0.39, 0.29) is 12.2 Å². The second kappa shape index (κ2) is 5.23. The Kier molecular flexibility index (Phi) is 3.96. The maximum absolute atomic E-state index is 11.8. The summed E-state index contributed by atoms with van der Waals surface area (Å²) in [6.45, 7) is -2.88. The molecule has 0 fully saturated rings. The molecule has 15 heavy (non-hydrogen) atoms. The van der Waals surface area contributed by atoms with E-state index in [4.69, 9.17) is 0 Å². The average Bonchev–Trinajstić information content (AvgIpc) is 2.20. The number of alkyl halides is 2. The Morgan fingerprint density at radius 2 is 2.27 bits per heavy atom. The van der Waals surface area contributed by atoms with Crippen molar-refractivity contribution < 1.29 is 23.0 Å². The van der Waals surface area contributed by atoms with Crippen LogP contribution in [0.1, 0.15) is 5.69 Å². The number of hydrogen-bond acceptors (Lipinski definition) is 4. The molecule has 0 aliphatic rings. The van der Waals surface area contributed by atoms with Crippen LogP contribution < -0.4 is 4.74 Å². The minimum absolute atomic E-state index is 0.00542. The number of esters is 1. The van der Waals surface area contributed by atoms with Gasteiger partial charge in [0.2, 0.25) is 0 Å². The molecule has 1 aromatic rings. The normalized spacial score (nSPS) is 10.1. The molecule has 0 unspecified atom stereocenters. The van der Waals surface area contributed by atoms with Gasteiger partial charge in [0.15, 0.2) is 0 Å². The van der Waals surface area contributed by atoms with Gasteiger partial charge in [0.25, 0.3) is 0 Å². The van der Waals surface area contributed by atoms with Crippen molar-refractivity contribution >= 4 is 5.97 Å². The highest BCUT2D eigenvalue weighted by Crippen LogP contribution is 2.12. The second-order valence-electron chi connectivity index (χ2n) is 2.62. The topological polar surface area (TPSA) is 48.4 Å². The number of hydrogen-bond donors (Lipinski definition) is 0. The number of ether oxygens (including phenoxy) is 2. The zero-order valence-corrected chi connectivity index (χ0v) is 7.94. The summed E-state index contributed by atoms with van der Waals surface area (Å²) in [6.07, 6.45) is 1.13. The van der Waals surface area contributed by atoms with Gasteiger partial charge in [-0.15, -0.1) is 0 Å². The van der Waals surface area contributed by atoms with Crippen molar-refractivity contribution in [3.8, 4) is 5.75 Å². The number of carbonyl (C=O) groups is 1. The largest absolute Gasteiger partial charge is 0.469 e. The number of halogens is 2. The van der Waals surface area contributed by atoms with E-state index in [0.717, 1.165) is 6.20 Å². The van der Waals surface area contributed by atoms with Gasteiger partial charge in [-0.3, -0.25) is 9.78 Å². The Bertz CT molecular complexity index is 327. The van der Waals surface area contributed by atoms with Crippen molar-refractivity contribution in [3.05, 3.63) is 24.0 Å². The molecule has 0 atom stereocenters. The average molecular weight is 217 g/mol. The summed E-state index contributed by atoms with van der Waals surface area (Å²) < 4.78 is 32.0. The van der Waals surface area contributed by atoms with Gasteiger partial charge in [-0.05, 0) is 12.1 Å². The van der Waals surface area contributed by atoms with Crippen LogP contribution in [-0.2, 0) is 16.0 Å². The minimum Gasteiger partial charge on any atom is -0.469 e. The maximum Gasteiger partial charge on any atom is 0.387 e. The van der Waals surface area contributed by atoms with E-state index in [1.165, 1.54) is 19.2 Å². The molecule has 82 valence electrons. The van der Waals surface area contributed by atoms with Crippen LogP contribution in [0, 0.1) is 0 Å². The van der Waals surface area contributed by atoms with Crippen LogP contribution in [0.4, 0.5) is 8.78 Å². The molecule has 6 heteroatoms. The van der Waals surface area contributed by atoms with Crippen molar-refractivity contribution in [2.75, 3.05) is 7.11 Å². The second-order valence-corrected chi connectivity index (χ2v) is 2.62. The van der Waals surface area contributed by atoms with E-state index in [9.17, 15) is 13.6 Å². The molecule has 0 saturated heterocycles. The number of aromatic nitrogens is 1. The predicted octanol–water partition coefficient (Wildman–Crippen LogP) is 1.40. The van der Waals surface area contributed by atoms with Gasteiger partial charge in [0, 0.05) is 0 Å². The smallest absolute Gasteiger partial charge is 0.387 e. The Balaban J connectivity index is 2.60. The number of carbonyl (C=O) groups excluding carboxylic acids is 1. The molecule has 0 aliphatic heterocycles. The summed E-state index contributed by atoms with van der Waals surface area (Å²) in [5.74, 6) is -0.483. The standard InChI is InChI=1S/C9H9F2NO3/c1-14-8(13)4-6-2-3-7(5-12-6)15-9(10)11/h2-3,5,9H,4H2,1H3. The SMILES string of the molecule is COC(=O)Cc1ccc(OC(F)F)cn1. The van der Waals surface area contributed by atoms with Crippen molar-refractivity contribution in [1.82, 2.24) is 4.98 Å². The van der Waals surface area contributed by atoms with Crippen LogP contribution in [0.5, 0.6) is 5.75 Å². The monoisotopic (exact) mass is 217 g/mol. The molecule has 1 heterocycles. The van der Waals surface area contributed by atoms with Crippen molar-refractivity contribution in [3.63, 3.8) is 0 Å². The Morgan fingerprint density at radius 3 is 2.73 bits per heavy atom. The van der Waals surface area contributed by atoms with Crippen LogP contribution in [-0.4, -0.2) is 24.7 Å². The zero-order valence-electron chi connectivity index (χ0n) is 7.94. The molecule has 1 aromatic heterocycles. The van der Waals surface area contributed by atoms with Crippen LogP contribution in [0.25, 0.3) is 0 Å². The first-order valence-corrected chi connectivity index (χ1v) is 4.08. The number of nitrogens with zero attached hydrogens (tertiary/aromatic N) is 1. The molecular weight excluding hydrogens is 208 g/mol. The third-order valence-corrected chi connectivity index (χ3v) is 1.58. The van der Waals surface area contributed by atoms with Crippen molar-refractivity contribution in [2.24, 2.45) is 0 Å². The van der Waals surface area contributed by atoms with E-state index >= 15 is 0 Å². The molecule has 0 radical (unpaired) electrons. The molecule has 0 saturated carbocycles. The molecule has 1 rings (SSSR count). The van der Waals surface area contributed by atoms with Gasteiger partial charge in [-0.2, -0.15) is 8.78 Å². The van der Waals surface area contributed by atoms with E-state index < -0.39 is 12.6 Å². The lowest BCUT2D eigenvalue weighted by Gasteiger charge is -2.04. The first kappa shape index (κ1) is 11.4. The molecule has 0 spiro atoms. The summed E-state index contributed by atoms with van der Waals surface area (Å²) in [5.41, 5.74) is 0.434. The first-order valence-electron chi connectivity index (χ1n) is 4.08. The van der Waals surface area contributed by atoms with Gasteiger partial charge in [-0.1, -0.05) is 0 Å². The van der Waals surface area contributed by atoms with E-state index in [1.807, 2.05) is 0 Å². The maximum atomic E-state index is 11.8. The summed E-state index contributed by atoms with van der Waals surface area (Å²) in [7, 11) is 1.26. The summed E-state index contributed by atoms with van der Waals surface area (Å²) in [6, 6.07) is 2.74. The number of pyridine rings is 1. The van der Waals surface area contributed by atoms with E-state index in [1.54, 1.807) is 0 Å². The molecule has 0 N–H and O–H groups in total. The number of rotatable bonds is 4. The minimum atomic E-state index is -2.88. The Labute approximate surface area is 84.8 Å². The lowest BCUT2D eigenvalue weighted by atomic mass is 10.3. The lowest BCUT2D eigenvalue weighted by Crippen LogP contribution is -2.07. The Morgan fingerprint density at radius 1 is 1.53 bits per heavy atom. The van der Waals surface area contributed by atoms with Gasteiger partial charge in [0.05, 0.1) is 25.4 Å². The molecule has 0 aromatic carbocycles. The fourth-order valence-electron chi connectivity index (χ4n) is 0.908. The summed E-state index contributed by atoms with van der Waals surface area (Å²) >= 11 is 0. The molecular formula is C9H9F2NO3. The molecule has 0 bridgehead atoms. The summed E-state index contributed by atoms with van der Waals surface area (Å²) in [5, 5.41) is 0. The quantitative estimate of drug-likeness (QED) is 0.715. The highest BCUT2D eigenvalue weighted by molar-refractivity contribution is 5.71. The van der Waals surface area contributed by atoms with Gasteiger partial charge in [0.1, 0.15) is 5.75 Å². The van der Waals surface area contributed by atoms with Gasteiger partial charge in [-0.25, -0.2) is 0 Å². The van der Waals surface area contributed by atoms with Crippen LogP contribution in [0.2, 0.25) is 0 Å². The summed E-state index contributed by atoms with van der Waals surface area (Å²) in [4.78, 5) is 14.6. The van der Waals surface area contributed by atoms with E-state index in [2.05, 4.69) is 14.5 Å². The van der Waals surface area contributed by atoms with Crippen molar-refractivity contribution in [1.29, 1.82) is 0 Å². The third-order valence-electron chi connectivity index (χ3n) is 1.58. The van der Waals surface area contributed by atoms with E-state index in [0.29, 0.717) is 5.69 Å². The van der Waals surface area contributed by atoms with Gasteiger partial charge >= 0.3 is 12.6 Å². The molecule has 0 amide bonds. The zero-order chi connectivity index (χ0) is 11.3. The van der Waals surface area contributed by atoms with Gasteiger partial charge < -0.3 is 9.47 Å². The lowest BCUT2D eigenvalue weighted by molar-refractivity contribution is -0.139. The van der Waals surface area contributed by atoms with Crippen molar-refractivity contribution in [2.45, 2.75) is 13.0 Å². The van der Waals surface area contributed by atoms with Crippen LogP contribution >= 0.6 is 0 Å². The molecule has 0 aliphatic carbocycles. The number of methoxy groups -OCH3 is 1. The van der Waals surface area contributed by atoms with Crippen LogP contribution in [0.15, 0.2) is 18.3 Å². The fraction of sp³-hybridized carbons (Fsp3) is 0.333. The van der Waals surface area contributed by atoms with Crippen LogP contribution in [0.3, 0.4) is 0 Å². The third kappa shape index (κ3) is 3.88. The highest BCUT2D eigenvalue weighted by Gasteiger charge is 2.06. The Hall–Kier alpha value is -1.72. The first-order chi connectivity index (χ1) is 7.11.